The zero-order valence-corrected chi connectivity index (χ0v) is 7.87. The van der Waals surface area contributed by atoms with Gasteiger partial charge in [-0.15, -0.1) is 0 Å². The Bertz CT molecular complexity index is 32.7. The van der Waals surface area contributed by atoms with E-state index in [1.807, 2.05) is 0 Å². The summed E-state index contributed by atoms with van der Waals surface area (Å²) in [7, 11) is -1.42. The van der Waals surface area contributed by atoms with Gasteiger partial charge in [-0.3, -0.25) is 8.92 Å². The summed E-state index contributed by atoms with van der Waals surface area (Å²) in [6.07, 6.45) is 0. The van der Waals surface area contributed by atoms with Crippen molar-refractivity contribution in [2.75, 3.05) is 0 Å². The molecule has 0 saturated heterocycles. The second-order valence-corrected chi connectivity index (χ2v) is 0.250. The molecule has 0 amide bonds. The maximum atomic E-state index is 8.40. The molecule has 0 saturated carbocycles. The molecule has 0 N–H and O–H groups in total. The number of hydrogen-bond donors (Lipinski definition) is 0. The molecule has 0 atom stereocenters. The molecule has 0 bridgehead atoms. The van der Waals surface area contributed by atoms with E-state index in [-0.39, 0.29) is 57.9 Å². The maximum absolute atomic E-state index is 8.40. The first kappa shape index (κ1) is 40.9. The fraction of sp³-hybridized carbons (Fsp3) is 0. The van der Waals surface area contributed by atoms with Crippen molar-refractivity contribution in [2.24, 2.45) is 0 Å². The van der Waals surface area contributed by atoms with E-state index in [1.54, 1.807) is 0 Å². The quantitative estimate of drug-likeness (QED) is 0.320. The monoisotopic (exact) mass is 142 g/mol. The first-order valence-corrected chi connectivity index (χ1v) is 1.22. The molecule has 0 heterocycles. The van der Waals surface area contributed by atoms with Crippen LogP contribution in [-0.2, 0) is 19.9 Å². The second kappa shape index (κ2) is 55.5. The van der Waals surface area contributed by atoms with Gasteiger partial charge in [0.2, 0.25) is 0 Å². The summed E-state index contributed by atoms with van der Waals surface area (Å²) >= 11 is 0. The minimum absolute atomic E-state index is 0. The van der Waals surface area contributed by atoms with Crippen molar-refractivity contribution in [3.63, 3.8) is 0 Å². The predicted molar refractivity (Wildman–Crippen MR) is 14.3 cm³/mol. The van der Waals surface area contributed by atoms with Gasteiger partial charge in [0.15, 0.2) is 0 Å². The summed E-state index contributed by atoms with van der Waals surface area (Å²) in [5, 5.41) is 0. The molecule has 0 aliphatic rings. The molecule has 0 aromatic carbocycles. The Morgan fingerprint density at radius 2 is 1.00 bits per heavy atom. The van der Waals surface area contributed by atoms with E-state index in [1.165, 1.54) is 0 Å². The van der Waals surface area contributed by atoms with E-state index in [2.05, 4.69) is 0 Å². The predicted octanol–water partition coefficient (Wildman–Crippen LogP) is -4.23. The molecular formula is AlNaO4Si. The van der Waals surface area contributed by atoms with Crippen molar-refractivity contribution in [1.29, 1.82) is 0 Å². The SMILES string of the molecule is O=[Si]=O.[Al+3].[Na+].[O-2].[O-2]. The van der Waals surface area contributed by atoms with Gasteiger partial charge in [0.1, 0.15) is 0 Å². The van der Waals surface area contributed by atoms with Crippen LogP contribution in [0.25, 0.3) is 0 Å². The van der Waals surface area contributed by atoms with Gasteiger partial charge in [-0.1, -0.05) is 0 Å². The van der Waals surface area contributed by atoms with Crippen LogP contribution in [0, 0.1) is 0 Å². The maximum Gasteiger partial charge on any atom is 3.00 e. The molecule has 0 spiro atoms. The van der Waals surface area contributed by atoms with Crippen LogP contribution in [0.5, 0.6) is 0 Å². The van der Waals surface area contributed by atoms with Crippen LogP contribution in [0.15, 0.2) is 0 Å². The Morgan fingerprint density at radius 1 is 1.00 bits per heavy atom. The van der Waals surface area contributed by atoms with E-state index in [0.29, 0.717) is 0 Å². The third-order valence-electron chi connectivity index (χ3n) is 0. The minimum atomic E-state index is -1.42. The van der Waals surface area contributed by atoms with Crippen LogP contribution in [0.2, 0.25) is 0 Å². The molecule has 0 radical (unpaired) electrons. The van der Waals surface area contributed by atoms with Crippen molar-refractivity contribution in [1.82, 2.24) is 0 Å². The number of rotatable bonds is 0. The van der Waals surface area contributed by atoms with Gasteiger partial charge in [0, 0.05) is 0 Å². The van der Waals surface area contributed by atoms with E-state index in [4.69, 9.17) is 8.92 Å². The standard InChI is InChI=1S/Al.Na.O2Si.2O/c;;1-3-2;;/q+3;+1;;2*-2. The van der Waals surface area contributed by atoms with Crippen LogP contribution in [0.4, 0.5) is 0 Å². The summed E-state index contributed by atoms with van der Waals surface area (Å²) in [5.74, 6) is 0. The van der Waals surface area contributed by atoms with Gasteiger partial charge in [0.25, 0.3) is 0 Å². The van der Waals surface area contributed by atoms with Crippen LogP contribution in [0.3, 0.4) is 0 Å². The minimum Gasteiger partial charge on any atom is -2.00 e. The van der Waals surface area contributed by atoms with E-state index >= 15 is 0 Å². The molecule has 0 rings (SSSR count). The Morgan fingerprint density at radius 3 is 1.00 bits per heavy atom. The summed E-state index contributed by atoms with van der Waals surface area (Å²) in [6, 6.07) is 0. The third-order valence-corrected chi connectivity index (χ3v) is 0. The first-order chi connectivity index (χ1) is 1.41. The molecular weight excluding hydrogens is 142 g/mol. The van der Waals surface area contributed by atoms with Gasteiger partial charge in [0.05, 0.1) is 0 Å². The Hall–Kier alpha value is 1.27. The van der Waals surface area contributed by atoms with Gasteiger partial charge >= 0.3 is 56.2 Å². The van der Waals surface area contributed by atoms with Crippen molar-refractivity contribution in [3.05, 3.63) is 0 Å². The Kier molecular flexibility index (Phi) is 324. The average Bonchev–Trinajstić information content (AvgIpc) is 0.918. The zero-order valence-electron chi connectivity index (χ0n) is 3.71. The van der Waals surface area contributed by atoms with Gasteiger partial charge in [-0.05, 0) is 0 Å². The molecule has 0 fully saturated rings. The second-order valence-electron chi connectivity index (χ2n) is 0.0833. The molecule has 4 nitrogen and oxygen atoms in total. The van der Waals surface area contributed by atoms with Gasteiger partial charge in [-0.2, -0.15) is 0 Å². The topological polar surface area (TPSA) is 91.1 Å². The summed E-state index contributed by atoms with van der Waals surface area (Å²) in [6.45, 7) is 0. The third kappa shape index (κ3) is 125. The summed E-state index contributed by atoms with van der Waals surface area (Å²) in [4.78, 5) is 0. The summed E-state index contributed by atoms with van der Waals surface area (Å²) in [5.41, 5.74) is 0. The molecule has 0 unspecified atom stereocenters. The summed E-state index contributed by atoms with van der Waals surface area (Å²) < 4.78 is 16.8. The fourth-order valence-electron chi connectivity index (χ4n) is 0. The van der Waals surface area contributed by atoms with E-state index in [0.717, 1.165) is 0 Å². The van der Waals surface area contributed by atoms with Gasteiger partial charge < -0.3 is 11.0 Å². The van der Waals surface area contributed by atoms with Crippen LogP contribution >= 0.6 is 0 Å². The van der Waals surface area contributed by atoms with Gasteiger partial charge in [-0.25, -0.2) is 0 Å². The smallest absolute Gasteiger partial charge is 2.00 e. The van der Waals surface area contributed by atoms with Crippen LogP contribution < -0.4 is 29.6 Å². The fourth-order valence-corrected chi connectivity index (χ4v) is 0. The molecule has 0 aromatic heterocycles. The molecule has 7 heteroatoms. The molecule has 0 aromatic rings. The zero-order chi connectivity index (χ0) is 2.71. The van der Waals surface area contributed by atoms with Crippen LogP contribution in [-0.4, -0.2) is 26.7 Å². The largest absolute Gasteiger partial charge is 3.00 e. The van der Waals surface area contributed by atoms with Crippen molar-refractivity contribution in [3.8, 4) is 0 Å². The molecule has 32 valence electrons. The average molecular weight is 142 g/mol. The first-order valence-electron chi connectivity index (χ1n) is 0.408. The van der Waals surface area contributed by atoms with Crippen LogP contribution in [0.1, 0.15) is 0 Å². The Labute approximate surface area is 75.7 Å². The molecule has 0 aliphatic heterocycles. The van der Waals surface area contributed by atoms with E-state index in [9.17, 15) is 0 Å². The molecule has 0 aliphatic carbocycles. The number of hydrogen-bond acceptors (Lipinski definition) is 2. The van der Waals surface area contributed by atoms with Crippen molar-refractivity contribution >= 4 is 26.7 Å². The normalized spacial score (nSPS) is 1.14. The Balaban J connectivity index is -0.00000000333. The molecule has 7 heavy (non-hydrogen) atoms. The van der Waals surface area contributed by atoms with Crippen molar-refractivity contribution in [2.45, 2.75) is 0 Å². The van der Waals surface area contributed by atoms with Crippen molar-refractivity contribution < 1.29 is 49.4 Å². The van der Waals surface area contributed by atoms with E-state index < -0.39 is 9.29 Å².